The molecule has 0 aliphatic carbocycles. The Labute approximate surface area is 166 Å². The molecule has 0 saturated heterocycles. The molecule has 0 unspecified atom stereocenters. The predicted molar refractivity (Wildman–Crippen MR) is 108 cm³/mol. The zero-order valence-electron chi connectivity index (χ0n) is 14.8. The topological polar surface area (TPSA) is 72.7 Å². The second-order valence-corrected chi connectivity index (χ2v) is 6.57. The Kier molecular flexibility index (Phi) is 5.12. The van der Waals surface area contributed by atoms with Crippen LogP contribution in [0.15, 0.2) is 79.3 Å². The molecule has 0 radical (unpaired) electrons. The summed E-state index contributed by atoms with van der Waals surface area (Å²) >= 11 is 6.30. The van der Waals surface area contributed by atoms with Gasteiger partial charge in [-0.3, -0.25) is 9.78 Å². The van der Waals surface area contributed by atoms with E-state index in [0.29, 0.717) is 22.8 Å². The van der Waals surface area contributed by atoms with Crippen molar-refractivity contribution in [1.82, 2.24) is 20.0 Å². The third-order valence-corrected chi connectivity index (χ3v) is 4.53. The summed E-state index contributed by atoms with van der Waals surface area (Å²) < 4.78 is 1.72. The van der Waals surface area contributed by atoms with E-state index in [1.807, 2.05) is 36.4 Å². The first-order valence-electron chi connectivity index (χ1n) is 8.64. The van der Waals surface area contributed by atoms with Gasteiger partial charge < -0.3 is 5.32 Å². The molecule has 0 aliphatic rings. The Morgan fingerprint density at radius 2 is 1.89 bits per heavy atom. The minimum atomic E-state index is -0.193. The number of hydrogen-bond donors (Lipinski definition) is 1. The molecule has 2 aromatic heterocycles. The maximum absolute atomic E-state index is 12.6. The van der Waals surface area contributed by atoms with Gasteiger partial charge in [-0.25, -0.2) is 4.68 Å². The maximum Gasteiger partial charge on any atom is 0.255 e. The molecule has 7 heteroatoms. The molecular weight excluding hydrogens is 374 g/mol. The van der Waals surface area contributed by atoms with Crippen LogP contribution in [0.2, 0.25) is 5.02 Å². The number of carbonyl (C=O) groups is 1. The lowest BCUT2D eigenvalue weighted by Gasteiger charge is -2.10. The van der Waals surface area contributed by atoms with Gasteiger partial charge in [0.15, 0.2) is 0 Å². The molecule has 0 spiro atoms. The van der Waals surface area contributed by atoms with Crippen LogP contribution in [0.1, 0.15) is 15.9 Å². The molecule has 0 saturated carbocycles. The second-order valence-electron chi connectivity index (χ2n) is 6.16. The number of halogens is 1. The van der Waals surface area contributed by atoms with Gasteiger partial charge in [0.05, 0.1) is 23.5 Å². The fourth-order valence-electron chi connectivity index (χ4n) is 2.79. The van der Waals surface area contributed by atoms with Gasteiger partial charge in [-0.1, -0.05) is 35.0 Å². The highest BCUT2D eigenvalue weighted by Crippen LogP contribution is 2.29. The number of anilines is 1. The van der Waals surface area contributed by atoms with Crippen LogP contribution in [0, 0.1) is 0 Å². The maximum atomic E-state index is 12.6. The van der Waals surface area contributed by atoms with Crippen molar-refractivity contribution in [3.8, 4) is 11.3 Å². The van der Waals surface area contributed by atoms with Crippen molar-refractivity contribution >= 4 is 23.2 Å². The monoisotopic (exact) mass is 389 g/mol. The molecule has 4 aromatic rings. The van der Waals surface area contributed by atoms with Crippen molar-refractivity contribution in [3.63, 3.8) is 0 Å². The number of nitrogens with one attached hydrogen (secondary N) is 1. The smallest absolute Gasteiger partial charge is 0.255 e. The van der Waals surface area contributed by atoms with E-state index in [9.17, 15) is 4.79 Å². The van der Waals surface area contributed by atoms with Crippen LogP contribution >= 0.6 is 11.6 Å². The third kappa shape index (κ3) is 4.07. The van der Waals surface area contributed by atoms with Crippen LogP contribution < -0.4 is 5.32 Å². The van der Waals surface area contributed by atoms with Gasteiger partial charge in [0.2, 0.25) is 0 Å². The standard InChI is InChI=1S/C21H16ClN5O/c22-19-9-8-17(13-18(19)20-3-1-2-10-23-20)25-21(28)16-6-4-15(5-7-16)14-27-12-11-24-26-27/h1-13H,14H2,(H,25,28). The number of carbonyl (C=O) groups excluding carboxylic acids is 1. The molecule has 1 amide bonds. The zero-order valence-corrected chi connectivity index (χ0v) is 15.5. The Hall–Kier alpha value is -3.51. The molecule has 0 bridgehead atoms. The highest BCUT2D eigenvalue weighted by atomic mass is 35.5. The lowest BCUT2D eigenvalue weighted by atomic mass is 10.1. The summed E-state index contributed by atoms with van der Waals surface area (Å²) in [4.78, 5) is 16.9. The third-order valence-electron chi connectivity index (χ3n) is 4.20. The van der Waals surface area contributed by atoms with Gasteiger partial charge in [0.25, 0.3) is 5.91 Å². The van der Waals surface area contributed by atoms with Gasteiger partial charge in [-0.2, -0.15) is 0 Å². The summed E-state index contributed by atoms with van der Waals surface area (Å²) in [5.74, 6) is -0.193. The van der Waals surface area contributed by atoms with E-state index in [1.54, 1.807) is 47.5 Å². The van der Waals surface area contributed by atoms with Crippen LogP contribution in [0.5, 0.6) is 0 Å². The number of benzene rings is 2. The van der Waals surface area contributed by atoms with Crippen molar-refractivity contribution in [2.45, 2.75) is 6.54 Å². The Morgan fingerprint density at radius 3 is 2.61 bits per heavy atom. The minimum absolute atomic E-state index is 0.193. The molecule has 2 aromatic carbocycles. The number of nitrogens with zero attached hydrogens (tertiary/aromatic N) is 4. The van der Waals surface area contributed by atoms with Gasteiger partial charge in [0.1, 0.15) is 0 Å². The average Bonchev–Trinajstić information content (AvgIpc) is 3.23. The normalized spacial score (nSPS) is 10.6. The second kappa shape index (κ2) is 8.02. The number of amides is 1. The van der Waals surface area contributed by atoms with Crippen molar-refractivity contribution in [3.05, 3.63) is 95.4 Å². The number of hydrogen-bond acceptors (Lipinski definition) is 4. The molecule has 28 heavy (non-hydrogen) atoms. The van der Waals surface area contributed by atoms with Crippen LogP contribution in [0.25, 0.3) is 11.3 Å². The van der Waals surface area contributed by atoms with Gasteiger partial charge in [-0.05, 0) is 48.0 Å². The Morgan fingerprint density at radius 1 is 1.04 bits per heavy atom. The number of pyridine rings is 1. The summed E-state index contributed by atoms with van der Waals surface area (Å²) in [5, 5.41) is 11.2. The summed E-state index contributed by atoms with van der Waals surface area (Å²) in [5.41, 5.74) is 3.77. The highest BCUT2D eigenvalue weighted by molar-refractivity contribution is 6.33. The Bertz CT molecular complexity index is 1080. The summed E-state index contributed by atoms with van der Waals surface area (Å²) in [6.45, 7) is 0.604. The largest absolute Gasteiger partial charge is 0.322 e. The molecule has 0 fully saturated rings. The van der Waals surface area contributed by atoms with Crippen LogP contribution in [-0.4, -0.2) is 25.9 Å². The van der Waals surface area contributed by atoms with E-state index < -0.39 is 0 Å². The first-order valence-corrected chi connectivity index (χ1v) is 9.02. The quantitative estimate of drug-likeness (QED) is 0.552. The first-order chi connectivity index (χ1) is 13.7. The highest BCUT2D eigenvalue weighted by Gasteiger charge is 2.10. The fraction of sp³-hybridized carbons (Fsp3) is 0.0476. The van der Waals surface area contributed by atoms with E-state index in [1.165, 1.54) is 0 Å². The minimum Gasteiger partial charge on any atom is -0.322 e. The van der Waals surface area contributed by atoms with Crippen molar-refractivity contribution < 1.29 is 4.79 Å². The molecule has 6 nitrogen and oxygen atoms in total. The van der Waals surface area contributed by atoms with Crippen LogP contribution in [-0.2, 0) is 6.54 Å². The van der Waals surface area contributed by atoms with E-state index in [2.05, 4.69) is 20.6 Å². The lowest BCUT2D eigenvalue weighted by Crippen LogP contribution is -2.12. The molecule has 138 valence electrons. The lowest BCUT2D eigenvalue weighted by molar-refractivity contribution is 0.102. The van der Waals surface area contributed by atoms with Gasteiger partial charge >= 0.3 is 0 Å². The van der Waals surface area contributed by atoms with Crippen LogP contribution in [0.3, 0.4) is 0 Å². The molecule has 1 N–H and O–H groups in total. The average molecular weight is 390 g/mol. The molecule has 2 heterocycles. The van der Waals surface area contributed by atoms with Crippen molar-refractivity contribution in [1.29, 1.82) is 0 Å². The van der Waals surface area contributed by atoms with Crippen molar-refractivity contribution in [2.24, 2.45) is 0 Å². The first kappa shape index (κ1) is 17.9. The fourth-order valence-corrected chi connectivity index (χ4v) is 3.00. The van der Waals surface area contributed by atoms with E-state index in [-0.39, 0.29) is 5.91 Å². The SMILES string of the molecule is O=C(Nc1ccc(Cl)c(-c2ccccn2)c1)c1ccc(Cn2ccnn2)cc1. The molecule has 0 atom stereocenters. The Balaban J connectivity index is 1.49. The number of aromatic nitrogens is 4. The van der Waals surface area contributed by atoms with Gasteiger partial charge in [-0.15, -0.1) is 5.10 Å². The summed E-state index contributed by atoms with van der Waals surface area (Å²) in [6, 6.07) is 18.3. The molecule has 0 aliphatic heterocycles. The number of rotatable bonds is 5. The van der Waals surface area contributed by atoms with E-state index in [4.69, 9.17) is 11.6 Å². The van der Waals surface area contributed by atoms with Crippen LogP contribution in [0.4, 0.5) is 5.69 Å². The molecule has 4 rings (SSSR count). The zero-order chi connectivity index (χ0) is 19.3. The molecular formula is C21H16ClN5O. The van der Waals surface area contributed by atoms with E-state index >= 15 is 0 Å². The van der Waals surface area contributed by atoms with Crippen molar-refractivity contribution in [2.75, 3.05) is 5.32 Å². The van der Waals surface area contributed by atoms with E-state index in [0.717, 1.165) is 16.8 Å². The predicted octanol–water partition coefficient (Wildman–Crippen LogP) is 4.29. The summed E-state index contributed by atoms with van der Waals surface area (Å²) in [6.07, 6.45) is 5.13. The van der Waals surface area contributed by atoms with Gasteiger partial charge in [0, 0.05) is 29.2 Å². The summed E-state index contributed by atoms with van der Waals surface area (Å²) in [7, 11) is 0.